The Morgan fingerprint density at radius 3 is 2.29 bits per heavy atom. The van der Waals surface area contributed by atoms with Crippen LogP contribution in [0.3, 0.4) is 0 Å². The van der Waals surface area contributed by atoms with Crippen molar-refractivity contribution in [3.63, 3.8) is 0 Å². The first-order valence-electron chi connectivity index (χ1n) is 10.9. The number of nitrogens with zero attached hydrogens (tertiary/aromatic N) is 1. The van der Waals surface area contributed by atoms with E-state index in [1.807, 2.05) is 55.5 Å². The van der Waals surface area contributed by atoms with Crippen LogP contribution in [0.4, 0.5) is 4.79 Å². The fraction of sp³-hybridized carbons (Fsp3) is 0.185. The topological polar surface area (TPSA) is 55.8 Å². The van der Waals surface area contributed by atoms with Crippen molar-refractivity contribution in [2.24, 2.45) is 0 Å². The van der Waals surface area contributed by atoms with E-state index in [1.165, 1.54) is 10.5 Å². The molecule has 35 heavy (non-hydrogen) atoms. The first kappa shape index (κ1) is 26.0. The SMILES string of the molecule is Cc1cccc(COc2c(I)cc(/C=C3\SC(=O)N(CCOc4cccc(C)c4)C3=O)cc2I)c1. The highest BCUT2D eigenvalue weighted by Gasteiger charge is 2.34. The van der Waals surface area contributed by atoms with Crippen molar-refractivity contribution in [2.45, 2.75) is 20.5 Å². The van der Waals surface area contributed by atoms with Crippen molar-refractivity contribution in [2.75, 3.05) is 13.2 Å². The summed E-state index contributed by atoms with van der Waals surface area (Å²) in [6.07, 6.45) is 1.76. The molecule has 2 amide bonds. The van der Waals surface area contributed by atoms with Crippen LogP contribution in [0, 0.1) is 21.0 Å². The molecule has 0 unspecified atom stereocenters. The molecular formula is C27H23I2NO4S. The lowest BCUT2D eigenvalue weighted by atomic mass is 10.1. The average molecular weight is 711 g/mol. The molecule has 1 saturated heterocycles. The number of thioether (sulfide) groups is 1. The Balaban J connectivity index is 1.41. The number of benzene rings is 3. The van der Waals surface area contributed by atoms with E-state index in [4.69, 9.17) is 9.47 Å². The predicted molar refractivity (Wildman–Crippen MR) is 157 cm³/mol. The summed E-state index contributed by atoms with van der Waals surface area (Å²) in [4.78, 5) is 27.0. The molecule has 8 heteroatoms. The van der Waals surface area contributed by atoms with Crippen LogP contribution in [0.25, 0.3) is 6.08 Å². The van der Waals surface area contributed by atoms with Crippen LogP contribution in [0.5, 0.6) is 11.5 Å². The van der Waals surface area contributed by atoms with Crippen LogP contribution in [0.2, 0.25) is 0 Å². The summed E-state index contributed by atoms with van der Waals surface area (Å²) < 4.78 is 13.7. The zero-order valence-corrected chi connectivity index (χ0v) is 24.3. The third kappa shape index (κ3) is 6.79. The van der Waals surface area contributed by atoms with E-state index in [2.05, 4.69) is 64.2 Å². The number of carbonyl (C=O) groups is 2. The minimum absolute atomic E-state index is 0.205. The minimum atomic E-state index is -0.294. The smallest absolute Gasteiger partial charge is 0.293 e. The number of carbonyl (C=O) groups excluding carboxylic acids is 2. The molecule has 1 aliphatic rings. The molecule has 0 spiro atoms. The van der Waals surface area contributed by atoms with Crippen molar-refractivity contribution in [3.8, 4) is 11.5 Å². The van der Waals surface area contributed by atoms with Gasteiger partial charge in [-0.2, -0.15) is 0 Å². The van der Waals surface area contributed by atoms with E-state index in [0.29, 0.717) is 11.5 Å². The van der Waals surface area contributed by atoms with Crippen molar-refractivity contribution >= 4 is 74.2 Å². The van der Waals surface area contributed by atoms with Gasteiger partial charge in [0.25, 0.3) is 11.1 Å². The van der Waals surface area contributed by atoms with Gasteiger partial charge in [-0.05, 0) is 118 Å². The minimum Gasteiger partial charge on any atom is -0.492 e. The monoisotopic (exact) mass is 711 g/mol. The second kappa shape index (κ2) is 11.8. The van der Waals surface area contributed by atoms with Crippen LogP contribution < -0.4 is 9.47 Å². The average Bonchev–Trinajstić information content (AvgIpc) is 3.06. The third-order valence-corrected chi connectivity index (χ3v) is 7.74. The zero-order valence-electron chi connectivity index (χ0n) is 19.2. The Hall–Kier alpha value is -2.05. The fourth-order valence-corrected chi connectivity index (χ4v) is 6.55. The summed E-state index contributed by atoms with van der Waals surface area (Å²) >= 11 is 5.44. The Labute approximate surface area is 236 Å². The summed E-state index contributed by atoms with van der Waals surface area (Å²) in [7, 11) is 0. The van der Waals surface area contributed by atoms with Gasteiger partial charge < -0.3 is 9.47 Å². The quantitative estimate of drug-likeness (QED) is 0.183. The molecule has 0 bridgehead atoms. The number of aryl methyl sites for hydroxylation is 2. The lowest BCUT2D eigenvalue weighted by Gasteiger charge is -2.13. The summed E-state index contributed by atoms with van der Waals surface area (Å²) in [5, 5.41) is -0.281. The molecule has 0 atom stereocenters. The van der Waals surface area contributed by atoms with E-state index in [1.54, 1.807) is 6.08 Å². The normalized spacial score (nSPS) is 14.6. The van der Waals surface area contributed by atoms with E-state index >= 15 is 0 Å². The summed E-state index contributed by atoms with van der Waals surface area (Å²) in [5.41, 5.74) is 4.25. The summed E-state index contributed by atoms with van der Waals surface area (Å²) in [6, 6.07) is 19.8. The molecule has 3 aromatic rings. The van der Waals surface area contributed by atoms with Gasteiger partial charge in [-0.15, -0.1) is 0 Å². The molecule has 1 aliphatic heterocycles. The van der Waals surface area contributed by atoms with Crippen LogP contribution in [0.15, 0.2) is 65.6 Å². The largest absolute Gasteiger partial charge is 0.492 e. The van der Waals surface area contributed by atoms with Crippen LogP contribution >= 0.6 is 56.9 Å². The lowest BCUT2D eigenvalue weighted by molar-refractivity contribution is -0.123. The molecule has 3 aromatic carbocycles. The molecule has 0 N–H and O–H groups in total. The molecule has 180 valence electrons. The van der Waals surface area contributed by atoms with Crippen molar-refractivity contribution in [3.05, 3.63) is 95.0 Å². The Kier molecular flexibility index (Phi) is 8.77. The highest BCUT2D eigenvalue weighted by atomic mass is 127. The van der Waals surface area contributed by atoms with E-state index in [0.717, 1.165) is 47.1 Å². The molecule has 4 rings (SSSR count). The number of hydrogen-bond acceptors (Lipinski definition) is 5. The fourth-order valence-electron chi connectivity index (χ4n) is 3.56. The Morgan fingerprint density at radius 1 is 0.914 bits per heavy atom. The second-order valence-electron chi connectivity index (χ2n) is 8.09. The molecule has 0 radical (unpaired) electrons. The van der Waals surface area contributed by atoms with Crippen molar-refractivity contribution in [1.82, 2.24) is 4.90 Å². The number of halogens is 2. The molecule has 0 aromatic heterocycles. The zero-order chi connectivity index (χ0) is 24.9. The molecule has 0 saturated carbocycles. The van der Waals surface area contributed by atoms with E-state index in [9.17, 15) is 9.59 Å². The molecular weight excluding hydrogens is 688 g/mol. The van der Waals surface area contributed by atoms with Crippen LogP contribution in [-0.4, -0.2) is 29.2 Å². The van der Waals surface area contributed by atoms with Crippen molar-refractivity contribution in [1.29, 1.82) is 0 Å². The molecule has 1 heterocycles. The standard InChI is InChI=1S/C27H23I2NO4S/c1-17-5-3-7-19(11-17)16-34-25-22(28)13-20(14-23(25)29)15-24-26(31)30(27(32)35-24)9-10-33-21-8-4-6-18(2)12-21/h3-8,11-15H,9-10,16H2,1-2H3/b24-15-. The highest BCUT2D eigenvalue weighted by Crippen LogP contribution is 2.35. The summed E-state index contributed by atoms with van der Waals surface area (Å²) in [5.74, 6) is 1.24. The first-order valence-corrected chi connectivity index (χ1v) is 13.9. The van der Waals surface area contributed by atoms with E-state index < -0.39 is 0 Å². The van der Waals surface area contributed by atoms with Crippen molar-refractivity contribution < 1.29 is 19.1 Å². The van der Waals surface area contributed by atoms with Gasteiger partial charge >= 0.3 is 0 Å². The van der Waals surface area contributed by atoms with Gasteiger partial charge in [0, 0.05) is 0 Å². The van der Waals surface area contributed by atoms with Gasteiger partial charge in [0.1, 0.15) is 24.7 Å². The van der Waals surface area contributed by atoms with Gasteiger partial charge in [-0.1, -0.05) is 42.0 Å². The number of ether oxygens (including phenoxy) is 2. The molecule has 1 fully saturated rings. The van der Waals surface area contributed by atoms with Gasteiger partial charge in [-0.3, -0.25) is 14.5 Å². The van der Waals surface area contributed by atoms with Gasteiger partial charge in [0.05, 0.1) is 18.6 Å². The molecule has 0 aliphatic carbocycles. The number of rotatable bonds is 8. The number of hydrogen-bond donors (Lipinski definition) is 0. The Bertz CT molecular complexity index is 1280. The second-order valence-corrected chi connectivity index (χ2v) is 11.4. The third-order valence-electron chi connectivity index (χ3n) is 5.23. The van der Waals surface area contributed by atoms with Gasteiger partial charge in [0.15, 0.2) is 0 Å². The van der Waals surface area contributed by atoms with Gasteiger partial charge in [0.2, 0.25) is 0 Å². The highest BCUT2D eigenvalue weighted by molar-refractivity contribution is 14.1. The Morgan fingerprint density at radius 2 is 1.60 bits per heavy atom. The number of amides is 2. The first-order chi connectivity index (χ1) is 16.8. The predicted octanol–water partition coefficient (Wildman–Crippen LogP) is 7.21. The maximum atomic E-state index is 12.9. The maximum Gasteiger partial charge on any atom is 0.293 e. The molecule has 5 nitrogen and oxygen atoms in total. The van der Waals surface area contributed by atoms with Crippen LogP contribution in [-0.2, 0) is 11.4 Å². The summed E-state index contributed by atoms with van der Waals surface area (Å²) in [6.45, 7) is 4.98. The maximum absolute atomic E-state index is 12.9. The van der Waals surface area contributed by atoms with Crippen LogP contribution in [0.1, 0.15) is 22.3 Å². The lowest BCUT2D eigenvalue weighted by Crippen LogP contribution is -2.32. The van der Waals surface area contributed by atoms with E-state index in [-0.39, 0.29) is 24.3 Å². The van der Waals surface area contributed by atoms with Gasteiger partial charge in [-0.25, -0.2) is 0 Å². The number of imide groups is 1.